The molecule has 2 aliphatic rings. The minimum Gasteiger partial charge on any atom is -0.321 e. The van der Waals surface area contributed by atoms with Crippen LogP contribution in [0.15, 0.2) is 23.3 Å². The predicted octanol–water partition coefficient (Wildman–Crippen LogP) is 1.07. The lowest BCUT2D eigenvalue weighted by Crippen LogP contribution is -2.42. The van der Waals surface area contributed by atoms with Gasteiger partial charge >= 0.3 is 0 Å². The van der Waals surface area contributed by atoms with Gasteiger partial charge in [-0.15, -0.1) is 0 Å². The van der Waals surface area contributed by atoms with Crippen LogP contribution in [0.25, 0.3) is 0 Å². The SMILES string of the molecule is O=C(Nc1ccc(F)c(F)c1)C1=NN([C@H]2CCS(=O)(=O)C2)C(=O)CC1. The van der Waals surface area contributed by atoms with Gasteiger partial charge in [0, 0.05) is 24.6 Å². The summed E-state index contributed by atoms with van der Waals surface area (Å²) in [5.41, 5.74) is 0.0899. The number of carbonyl (C=O) groups is 2. The van der Waals surface area contributed by atoms with Gasteiger partial charge in [-0.25, -0.2) is 22.2 Å². The van der Waals surface area contributed by atoms with Crippen LogP contribution >= 0.6 is 0 Å². The van der Waals surface area contributed by atoms with Crippen molar-refractivity contribution in [3.8, 4) is 0 Å². The molecule has 3 rings (SSSR count). The highest BCUT2D eigenvalue weighted by molar-refractivity contribution is 7.91. The number of sulfone groups is 1. The van der Waals surface area contributed by atoms with Crippen LogP contribution in [-0.2, 0) is 19.4 Å². The molecule has 25 heavy (non-hydrogen) atoms. The summed E-state index contributed by atoms with van der Waals surface area (Å²) < 4.78 is 49.3. The van der Waals surface area contributed by atoms with E-state index in [0.29, 0.717) is 0 Å². The van der Waals surface area contributed by atoms with Crippen molar-refractivity contribution in [2.45, 2.75) is 25.3 Å². The van der Waals surface area contributed by atoms with E-state index in [1.54, 1.807) is 0 Å². The van der Waals surface area contributed by atoms with Crippen LogP contribution < -0.4 is 5.32 Å². The zero-order valence-electron chi connectivity index (χ0n) is 13.0. The van der Waals surface area contributed by atoms with Gasteiger partial charge < -0.3 is 5.32 Å². The third-order valence-corrected chi connectivity index (χ3v) is 5.80. The van der Waals surface area contributed by atoms with Gasteiger partial charge in [0.15, 0.2) is 21.5 Å². The highest BCUT2D eigenvalue weighted by Gasteiger charge is 2.37. The number of hydrogen-bond donors (Lipinski definition) is 1. The van der Waals surface area contributed by atoms with E-state index in [2.05, 4.69) is 10.4 Å². The van der Waals surface area contributed by atoms with Crippen LogP contribution in [0.2, 0.25) is 0 Å². The average molecular weight is 371 g/mol. The molecule has 0 spiro atoms. The molecule has 0 aromatic heterocycles. The topological polar surface area (TPSA) is 95.9 Å². The Kier molecular flexibility index (Phi) is 4.55. The molecule has 7 nitrogen and oxygen atoms in total. The molecule has 0 saturated carbocycles. The van der Waals surface area contributed by atoms with E-state index in [1.165, 1.54) is 6.07 Å². The minimum absolute atomic E-state index is 0.0205. The fourth-order valence-electron chi connectivity index (χ4n) is 2.77. The van der Waals surface area contributed by atoms with Crippen LogP contribution in [0, 0.1) is 11.6 Å². The molecule has 1 aromatic carbocycles. The van der Waals surface area contributed by atoms with Crippen molar-refractivity contribution in [3.63, 3.8) is 0 Å². The van der Waals surface area contributed by atoms with Crippen molar-refractivity contribution in [2.75, 3.05) is 16.8 Å². The number of rotatable bonds is 3. The Morgan fingerprint density at radius 1 is 1.24 bits per heavy atom. The van der Waals surface area contributed by atoms with E-state index in [9.17, 15) is 26.8 Å². The maximum Gasteiger partial charge on any atom is 0.271 e. The molecule has 134 valence electrons. The van der Waals surface area contributed by atoms with Crippen molar-refractivity contribution >= 4 is 33.1 Å². The first-order chi connectivity index (χ1) is 11.7. The Hall–Kier alpha value is -2.36. The molecule has 1 fully saturated rings. The molecule has 0 aliphatic carbocycles. The lowest BCUT2D eigenvalue weighted by atomic mass is 10.1. The lowest BCUT2D eigenvalue weighted by Gasteiger charge is -2.27. The van der Waals surface area contributed by atoms with Crippen molar-refractivity contribution < 1.29 is 26.8 Å². The van der Waals surface area contributed by atoms with E-state index < -0.39 is 33.4 Å². The van der Waals surface area contributed by atoms with E-state index in [0.717, 1.165) is 17.1 Å². The number of hydrazone groups is 1. The molecule has 2 aliphatic heterocycles. The fourth-order valence-corrected chi connectivity index (χ4v) is 4.46. The van der Waals surface area contributed by atoms with Crippen LogP contribution in [0.4, 0.5) is 14.5 Å². The summed E-state index contributed by atoms with van der Waals surface area (Å²) in [5, 5.41) is 7.46. The van der Waals surface area contributed by atoms with Gasteiger partial charge in [-0.2, -0.15) is 5.10 Å². The highest BCUT2D eigenvalue weighted by atomic mass is 32.2. The summed E-state index contributed by atoms with van der Waals surface area (Å²) in [7, 11) is -3.20. The van der Waals surface area contributed by atoms with Gasteiger partial charge in [-0.3, -0.25) is 9.59 Å². The van der Waals surface area contributed by atoms with Crippen LogP contribution in [-0.4, -0.2) is 48.5 Å². The largest absolute Gasteiger partial charge is 0.321 e. The standard InChI is InChI=1S/C15H15F2N3O4S/c16-11-2-1-9(7-12(11)17)18-15(22)13-3-4-14(21)20(19-13)10-5-6-25(23,24)8-10/h1-2,7,10H,3-6,8H2,(H,18,22)/t10-/m0/s1. The fraction of sp³-hybridized carbons (Fsp3) is 0.400. The van der Waals surface area contributed by atoms with Gasteiger partial charge in [0.2, 0.25) is 5.91 Å². The number of anilines is 1. The number of nitrogens with zero attached hydrogens (tertiary/aromatic N) is 2. The maximum absolute atomic E-state index is 13.2. The highest BCUT2D eigenvalue weighted by Crippen LogP contribution is 2.22. The monoisotopic (exact) mass is 371 g/mol. The van der Waals surface area contributed by atoms with Crippen molar-refractivity contribution in [1.29, 1.82) is 0 Å². The summed E-state index contributed by atoms with van der Waals surface area (Å²) in [6.45, 7) is 0. The second-order valence-electron chi connectivity index (χ2n) is 5.92. The number of amides is 2. The number of carbonyl (C=O) groups excluding carboxylic acids is 2. The van der Waals surface area contributed by atoms with E-state index in [4.69, 9.17) is 0 Å². The third kappa shape index (κ3) is 3.84. The van der Waals surface area contributed by atoms with Gasteiger partial charge in [0.25, 0.3) is 5.91 Å². The zero-order chi connectivity index (χ0) is 18.2. The Morgan fingerprint density at radius 2 is 2.00 bits per heavy atom. The third-order valence-electron chi connectivity index (χ3n) is 4.05. The first-order valence-electron chi connectivity index (χ1n) is 7.61. The number of nitrogens with one attached hydrogen (secondary N) is 1. The lowest BCUT2D eigenvalue weighted by molar-refractivity contribution is -0.133. The molecule has 1 saturated heterocycles. The quantitative estimate of drug-likeness (QED) is 0.860. The van der Waals surface area contributed by atoms with E-state index in [-0.39, 0.29) is 48.1 Å². The second-order valence-corrected chi connectivity index (χ2v) is 8.15. The maximum atomic E-state index is 13.2. The van der Waals surface area contributed by atoms with Gasteiger partial charge in [-0.05, 0) is 18.6 Å². The molecule has 10 heteroatoms. The normalized spacial score (nSPS) is 22.6. The minimum atomic E-state index is -3.20. The molecule has 1 atom stereocenters. The molecule has 0 bridgehead atoms. The van der Waals surface area contributed by atoms with Gasteiger partial charge in [0.1, 0.15) is 5.71 Å². The Labute approximate surface area is 142 Å². The predicted molar refractivity (Wildman–Crippen MR) is 85.6 cm³/mol. The summed E-state index contributed by atoms with van der Waals surface area (Å²) in [6.07, 6.45) is 0.389. The summed E-state index contributed by atoms with van der Waals surface area (Å²) in [6, 6.07) is 2.34. The zero-order valence-corrected chi connectivity index (χ0v) is 13.9. The number of halogens is 2. The Morgan fingerprint density at radius 3 is 2.64 bits per heavy atom. The summed E-state index contributed by atoms with van der Waals surface area (Å²) >= 11 is 0. The molecular weight excluding hydrogens is 356 g/mol. The summed E-state index contributed by atoms with van der Waals surface area (Å²) in [4.78, 5) is 24.2. The van der Waals surface area contributed by atoms with Gasteiger partial charge in [-0.1, -0.05) is 0 Å². The first kappa shape index (κ1) is 17.5. The molecule has 1 N–H and O–H groups in total. The Bertz CT molecular complexity index is 870. The van der Waals surface area contributed by atoms with Crippen molar-refractivity contribution in [3.05, 3.63) is 29.8 Å². The number of benzene rings is 1. The molecule has 2 amide bonds. The molecule has 0 unspecified atom stereocenters. The number of hydrogen-bond acceptors (Lipinski definition) is 5. The van der Waals surface area contributed by atoms with E-state index in [1.807, 2.05) is 0 Å². The Balaban J connectivity index is 1.76. The van der Waals surface area contributed by atoms with Crippen molar-refractivity contribution in [1.82, 2.24) is 5.01 Å². The van der Waals surface area contributed by atoms with E-state index >= 15 is 0 Å². The first-order valence-corrected chi connectivity index (χ1v) is 9.44. The second kappa shape index (κ2) is 6.51. The molecule has 1 aromatic rings. The van der Waals surface area contributed by atoms with Crippen LogP contribution in [0.5, 0.6) is 0 Å². The smallest absolute Gasteiger partial charge is 0.271 e. The van der Waals surface area contributed by atoms with Crippen LogP contribution in [0.3, 0.4) is 0 Å². The molecule has 0 radical (unpaired) electrons. The van der Waals surface area contributed by atoms with Gasteiger partial charge in [0.05, 0.1) is 17.5 Å². The van der Waals surface area contributed by atoms with Crippen molar-refractivity contribution in [2.24, 2.45) is 5.10 Å². The average Bonchev–Trinajstić information content (AvgIpc) is 2.91. The molecular formula is C15H15F2N3O4S. The van der Waals surface area contributed by atoms with Crippen LogP contribution in [0.1, 0.15) is 19.3 Å². The molecule has 2 heterocycles. The summed E-state index contributed by atoms with van der Waals surface area (Å²) in [5.74, 6) is -3.33.